The van der Waals surface area contributed by atoms with Crippen LogP contribution in [0.5, 0.6) is 0 Å². The quantitative estimate of drug-likeness (QED) is 0.324. The Kier molecular flexibility index (Phi) is 11.6. The lowest BCUT2D eigenvalue weighted by Crippen LogP contribution is -2.55. The minimum Gasteiger partial charge on any atom is -0.480 e. The molecule has 1 aromatic rings. The van der Waals surface area contributed by atoms with Gasteiger partial charge in [-0.1, -0.05) is 44.2 Å². The summed E-state index contributed by atoms with van der Waals surface area (Å²) >= 11 is 1.54. The summed E-state index contributed by atoms with van der Waals surface area (Å²) in [5, 5.41) is 17.2. The largest absolute Gasteiger partial charge is 0.480 e. The Bertz CT molecular complexity index is 699. The molecule has 0 aromatic heterocycles. The molecule has 0 aliphatic carbocycles. The number of hydrogen-bond donors (Lipinski definition) is 4. The lowest BCUT2D eigenvalue weighted by molar-refractivity contribution is -0.142. The van der Waals surface area contributed by atoms with Gasteiger partial charge in [-0.15, -0.1) is 0 Å². The van der Waals surface area contributed by atoms with Gasteiger partial charge in [-0.25, -0.2) is 4.79 Å². The van der Waals surface area contributed by atoms with Gasteiger partial charge in [0.25, 0.3) is 0 Å². The topological polar surface area (TPSA) is 125 Å². The Morgan fingerprint density at radius 3 is 2.17 bits per heavy atom. The zero-order valence-corrected chi connectivity index (χ0v) is 18.4. The summed E-state index contributed by atoms with van der Waals surface area (Å²) in [6, 6.07) is 6.23. The minimum atomic E-state index is -1.15. The van der Waals surface area contributed by atoms with Gasteiger partial charge in [-0.05, 0) is 36.3 Å². The maximum absolute atomic E-state index is 12.8. The van der Waals surface area contributed by atoms with Crippen LogP contribution in [0.1, 0.15) is 32.3 Å². The molecule has 9 heteroatoms. The first-order valence-corrected chi connectivity index (χ1v) is 11.2. The van der Waals surface area contributed by atoms with E-state index in [9.17, 15) is 24.3 Å². The standard InChI is InChI=1S/C21H31N3O5S/c1-14(2)11-17(23-19(26)16(22-13-25)9-10-30-3)20(27)24-18(21(28)29)12-15-7-5-4-6-8-15/h4-8,13-14,16-18H,9-12H2,1-3H3,(H,22,25)(H,23,26)(H,24,27)(H,28,29)/t16-,17-,18-/m1/s1. The van der Waals surface area contributed by atoms with Crippen molar-refractivity contribution in [2.24, 2.45) is 5.92 Å². The molecule has 0 saturated carbocycles. The fourth-order valence-corrected chi connectivity index (χ4v) is 3.38. The number of carboxylic acids is 1. The van der Waals surface area contributed by atoms with Gasteiger partial charge < -0.3 is 21.1 Å². The summed E-state index contributed by atoms with van der Waals surface area (Å²) < 4.78 is 0. The van der Waals surface area contributed by atoms with Gasteiger partial charge in [0, 0.05) is 6.42 Å². The Hall–Kier alpha value is -2.55. The van der Waals surface area contributed by atoms with E-state index in [1.807, 2.05) is 26.2 Å². The highest BCUT2D eigenvalue weighted by Crippen LogP contribution is 2.09. The first-order valence-electron chi connectivity index (χ1n) is 9.84. The molecule has 8 nitrogen and oxygen atoms in total. The molecule has 166 valence electrons. The van der Waals surface area contributed by atoms with Crippen molar-refractivity contribution in [1.29, 1.82) is 0 Å². The second kappa shape index (κ2) is 13.6. The number of aliphatic carboxylic acids is 1. The van der Waals surface area contributed by atoms with Crippen molar-refractivity contribution in [3.8, 4) is 0 Å². The number of carboxylic acid groups (broad SMARTS) is 1. The third-order valence-electron chi connectivity index (χ3n) is 4.43. The van der Waals surface area contributed by atoms with Gasteiger partial charge in [0.15, 0.2) is 0 Å². The van der Waals surface area contributed by atoms with Crippen molar-refractivity contribution in [3.05, 3.63) is 35.9 Å². The molecule has 0 unspecified atom stereocenters. The average Bonchev–Trinajstić information content (AvgIpc) is 2.70. The van der Waals surface area contributed by atoms with Gasteiger partial charge in [0.2, 0.25) is 18.2 Å². The van der Waals surface area contributed by atoms with Gasteiger partial charge in [-0.3, -0.25) is 14.4 Å². The molecular formula is C21H31N3O5S. The molecule has 0 spiro atoms. The van der Waals surface area contributed by atoms with Crippen LogP contribution < -0.4 is 16.0 Å². The van der Waals surface area contributed by atoms with Crippen LogP contribution >= 0.6 is 11.8 Å². The summed E-state index contributed by atoms with van der Waals surface area (Å²) in [7, 11) is 0. The van der Waals surface area contributed by atoms with E-state index in [2.05, 4.69) is 16.0 Å². The van der Waals surface area contributed by atoms with Gasteiger partial charge in [0.1, 0.15) is 18.1 Å². The maximum atomic E-state index is 12.8. The van der Waals surface area contributed by atoms with Crippen molar-refractivity contribution in [2.75, 3.05) is 12.0 Å². The maximum Gasteiger partial charge on any atom is 0.326 e. The third-order valence-corrected chi connectivity index (χ3v) is 5.08. The number of carbonyl (C=O) groups excluding carboxylic acids is 3. The molecule has 1 rings (SSSR count). The number of hydrogen-bond acceptors (Lipinski definition) is 5. The van der Waals surface area contributed by atoms with Gasteiger partial charge in [-0.2, -0.15) is 11.8 Å². The fourth-order valence-electron chi connectivity index (χ4n) is 2.91. The molecule has 0 saturated heterocycles. The van der Waals surface area contributed by atoms with Crippen LogP contribution in [0, 0.1) is 5.92 Å². The van der Waals surface area contributed by atoms with E-state index in [-0.39, 0.29) is 12.3 Å². The Balaban J connectivity index is 2.88. The molecular weight excluding hydrogens is 406 g/mol. The molecule has 0 aliphatic rings. The number of nitrogens with one attached hydrogen (secondary N) is 3. The second-order valence-corrected chi connectivity index (χ2v) is 8.38. The number of thioether (sulfide) groups is 1. The number of carbonyl (C=O) groups is 4. The van der Waals surface area contributed by atoms with Crippen LogP contribution in [0.15, 0.2) is 30.3 Å². The Morgan fingerprint density at radius 2 is 1.63 bits per heavy atom. The number of benzene rings is 1. The van der Waals surface area contributed by atoms with E-state index in [1.54, 1.807) is 36.0 Å². The van der Waals surface area contributed by atoms with E-state index >= 15 is 0 Å². The second-order valence-electron chi connectivity index (χ2n) is 7.40. The number of amides is 3. The predicted octanol–water partition coefficient (Wildman–Crippen LogP) is 1.20. The highest BCUT2D eigenvalue weighted by molar-refractivity contribution is 7.98. The Morgan fingerprint density at radius 1 is 1.03 bits per heavy atom. The van der Waals surface area contributed by atoms with Crippen LogP contribution in [0.2, 0.25) is 0 Å². The summed E-state index contributed by atoms with van der Waals surface area (Å²) in [6.45, 7) is 3.81. The molecule has 1 aromatic carbocycles. The first-order chi connectivity index (χ1) is 14.3. The highest BCUT2D eigenvalue weighted by atomic mass is 32.2. The lowest BCUT2D eigenvalue weighted by Gasteiger charge is -2.25. The molecule has 0 heterocycles. The van der Waals surface area contributed by atoms with E-state index in [4.69, 9.17) is 0 Å². The molecule has 30 heavy (non-hydrogen) atoms. The van der Waals surface area contributed by atoms with E-state index in [1.165, 1.54) is 0 Å². The summed E-state index contributed by atoms with van der Waals surface area (Å²) in [6.07, 6.45) is 3.25. The van der Waals surface area contributed by atoms with Crippen molar-refractivity contribution in [1.82, 2.24) is 16.0 Å². The van der Waals surface area contributed by atoms with Crippen molar-refractivity contribution in [3.63, 3.8) is 0 Å². The van der Waals surface area contributed by atoms with Crippen molar-refractivity contribution >= 4 is 36.0 Å². The van der Waals surface area contributed by atoms with Crippen LogP contribution in [-0.2, 0) is 25.6 Å². The van der Waals surface area contributed by atoms with E-state index in [0.29, 0.717) is 25.0 Å². The van der Waals surface area contributed by atoms with Crippen LogP contribution in [0.4, 0.5) is 0 Å². The lowest BCUT2D eigenvalue weighted by atomic mass is 10.0. The zero-order valence-electron chi connectivity index (χ0n) is 17.6. The third kappa shape index (κ3) is 9.30. The van der Waals surface area contributed by atoms with E-state index < -0.39 is 35.9 Å². The first kappa shape index (κ1) is 25.5. The zero-order chi connectivity index (χ0) is 22.5. The molecule has 3 atom stereocenters. The normalized spacial score (nSPS) is 13.7. The smallest absolute Gasteiger partial charge is 0.326 e. The summed E-state index contributed by atoms with van der Waals surface area (Å²) in [5.74, 6) is -1.43. The van der Waals surface area contributed by atoms with Crippen LogP contribution in [0.25, 0.3) is 0 Å². The molecule has 3 amide bonds. The molecule has 0 aliphatic heterocycles. The highest BCUT2D eigenvalue weighted by Gasteiger charge is 2.29. The van der Waals surface area contributed by atoms with Crippen molar-refractivity contribution in [2.45, 2.75) is 51.2 Å². The summed E-state index contributed by atoms with van der Waals surface area (Å²) in [5.41, 5.74) is 0.780. The van der Waals surface area contributed by atoms with Crippen molar-refractivity contribution < 1.29 is 24.3 Å². The molecule has 0 bridgehead atoms. The Labute approximate surface area is 181 Å². The minimum absolute atomic E-state index is 0.0853. The van der Waals surface area contributed by atoms with Crippen LogP contribution in [0.3, 0.4) is 0 Å². The summed E-state index contributed by atoms with van der Waals surface area (Å²) in [4.78, 5) is 47.9. The van der Waals surface area contributed by atoms with Gasteiger partial charge >= 0.3 is 5.97 Å². The molecule has 4 N–H and O–H groups in total. The average molecular weight is 438 g/mol. The van der Waals surface area contributed by atoms with Gasteiger partial charge in [0.05, 0.1) is 0 Å². The van der Waals surface area contributed by atoms with Crippen LogP contribution in [-0.4, -0.2) is 59.4 Å². The predicted molar refractivity (Wildman–Crippen MR) is 117 cm³/mol. The molecule has 0 radical (unpaired) electrons. The molecule has 0 fully saturated rings. The fraction of sp³-hybridized carbons (Fsp3) is 0.524. The van der Waals surface area contributed by atoms with E-state index in [0.717, 1.165) is 5.56 Å². The number of rotatable bonds is 14. The SMILES string of the molecule is CSCC[C@@H](NC=O)C(=O)N[C@H](CC(C)C)C(=O)N[C@H](Cc1ccccc1)C(=O)O. The monoisotopic (exact) mass is 437 g/mol.